The second-order valence-corrected chi connectivity index (χ2v) is 4.18. The first-order chi connectivity index (χ1) is 7.38. The van der Waals surface area contributed by atoms with E-state index >= 15 is 0 Å². The van der Waals surface area contributed by atoms with Crippen molar-refractivity contribution in [2.45, 2.75) is 38.5 Å². The summed E-state index contributed by atoms with van der Waals surface area (Å²) >= 11 is 0. The molecule has 0 aliphatic carbocycles. The van der Waals surface area contributed by atoms with Crippen LogP contribution in [0.25, 0.3) is 0 Å². The van der Waals surface area contributed by atoms with Crippen molar-refractivity contribution in [1.29, 1.82) is 0 Å². The van der Waals surface area contributed by atoms with E-state index in [0.29, 0.717) is 18.8 Å². The number of halogens is 3. The van der Waals surface area contributed by atoms with Gasteiger partial charge in [-0.15, -0.1) is 5.10 Å². The Bertz CT molecular complexity index is 383. The highest BCUT2D eigenvalue weighted by Gasteiger charge is 2.38. The third kappa shape index (κ3) is 2.04. The lowest BCUT2D eigenvalue weighted by Crippen LogP contribution is -2.33. The van der Waals surface area contributed by atoms with Gasteiger partial charge in [0.1, 0.15) is 5.82 Å². The highest BCUT2D eigenvalue weighted by atomic mass is 19.4. The third-order valence-corrected chi connectivity index (χ3v) is 2.90. The summed E-state index contributed by atoms with van der Waals surface area (Å²) < 4.78 is 38.4. The van der Waals surface area contributed by atoms with Gasteiger partial charge in [-0.05, 0) is 19.3 Å². The quantitative estimate of drug-likeness (QED) is 0.794. The van der Waals surface area contributed by atoms with Crippen LogP contribution in [0.15, 0.2) is 0 Å². The van der Waals surface area contributed by atoms with Crippen molar-refractivity contribution >= 4 is 0 Å². The molecule has 0 radical (unpaired) electrons. The smallest absolute Gasteiger partial charge is 0.328 e. The summed E-state index contributed by atoms with van der Waals surface area (Å²) in [6, 6.07) is -0.0280. The van der Waals surface area contributed by atoms with Gasteiger partial charge in [-0.1, -0.05) is 0 Å². The highest BCUT2D eigenvalue weighted by Crippen LogP contribution is 2.29. The van der Waals surface area contributed by atoms with E-state index in [-0.39, 0.29) is 12.0 Å². The van der Waals surface area contributed by atoms with Crippen LogP contribution >= 0.6 is 0 Å². The molecule has 0 aromatic carbocycles. The van der Waals surface area contributed by atoms with Crippen molar-refractivity contribution in [3.8, 4) is 0 Å². The Morgan fingerprint density at radius 3 is 2.75 bits per heavy atom. The van der Waals surface area contributed by atoms with Gasteiger partial charge in [0, 0.05) is 19.0 Å². The third-order valence-electron chi connectivity index (χ3n) is 2.90. The molecule has 0 fully saturated rings. The van der Waals surface area contributed by atoms with Crippen molar-refractivity contribution in [1.82, 2.24) is 14.8 Å². The molecule has 16 heavy (non-hydrogen) atoms. The Labute approximate surface area is 90.6 Å². The molecule has 4 nitrogen and oxygen atoms in total. The highest BCUT2D eigenvalue weighted by molar-refractivity contribution is 5.01. The van der Waals surface area contributed by atoms with Gasteiger partial charge in [-0.2, -0.15) is 13.2 Å². The van der Waals surface area contributed by atoms with Crippen LogP contribution in [0.4, 0.5) is 13.2 Å². The maximum atomic E-state index is 12.4. The molecule has 1 aromatic rings. The minimum absolute atomic E-state index is 0.0280. The molecule has 0 spiro atoms. The van der Waals surface area contributed by atoms with Crippen molar-refractivity contribution in [3.05, 3.63) is 11.6 Å². The topological polar surface area (TPSA) is 56.7 Å². The van der Waals surface area contributed by atoms with Gasteiger partial charge in [-0.25, -0.2) is 9.67 Å². The van der Waals surface area contributed by atoms with Gasteiger partial charge in [0.25, 0.3) is 5.82 Å². The van der Waals surface area contributed by atoms with Gasteiger partial charge in [0.15, 0.2) is 0 Å². The fourth-order valence-electron chi connectivity index (χ4n) is 1.90. The summed E-state index contributed by atoms with van der Waals surface area (Å²) in [6.07, 6.45) is -3.24. The fraction of sp³-hybridized carbons (Fsp3) is 0.778. The molecule has 0 bridgehead atoms. The molecule has 0 saturated heterocycles. The number of aromatic nitrogens is 3. The summed E-state index contributed by atoms with van der Waals surface area (Å²) in [7, 11) is 0. The number of nitrogens with two attached hydrogens (primary N) is 1. The predicted molar refractivity (Wildman–Crippen MR) is 50.5 cm³/mol. The van der Waals surface area contributed by atoms with Gasteiger partial charge in [-0.3, -0.25) is 0 Å². The van der Waals surface area contributed by atoms with E-state index in [1.807, 2.05) is 6.92 Å². The molecule has 2 unspecified atom stereocenters. The fourth-order valence-corrected chi connectivity index (χ4v) is 1.90. The average molecular weight is 234 g/mol. The lowest BCUT2D eigenvalue weighted by atomic mass is 9.92. The maximum Gasteiger partial charge on any atom is 0.453 e. The first-order valence-corrected chi connectivity index (χ1v) is 5.14. The standard InChI is InChI=1S/C9H13F3N4/c1-5(13)6-2-3-16-7(4-6)14-8(15-16)9(10,11)12/h5-6H,2-4,13H2,1H3. The van der Waals surface area contributed by atoms with E-state index < -0.39 is 12.0 Å². The second kappa shape index (κ2) is 3.73. The van der Waals surface area contributed by atoms with E-state index in [0.717, 1.165) is 6.42 Å². The van der Waals surface area contributed by atoms with Crippen LogP contribution in [-0.4, -0.2) is 20.8 Å². The van der Waals surface area contributed by atoms with E-state index in [9.17, 15) is 13.2 Å². The number of hydrogen-bond donors (Lipinski definition) is 1. The molecule has 2 heterocycles. The van der Waals surface area contributed by atoms with Crippen molar-refractivity contribution in [3.63, 3.8) is 0 Å². The molecule has 0 saturated carbocycles. The summed E-state index contributed by atoms with van der Waals surface area (Å²) in [5, 5.41) is 3.46. The van der Waals surface area contributed by atoms with E-state index in [1.165, 1.54) is 4.68 Å². The number of hydrogen-bond acceptors (Lipinski definition) is 3. The predicted octanol–water partition coefficient (Wildman–Crippen LogP) is 1.21. The van der Waals surface area contributed by atoms with E-state index in [2.05, 4.69) is 10.1 Å². The van der Waals surface area contributed by atoms with Crippen molar-refractivity contribution in [2.75, 3.05) is 0 Å². The van der Waals surface area contributed by atoms with Crippen LogP contribution < -0.4 is 5.73 Å². The van der Waals surface area contributed by atoms with Crippen molar-refractivity contribution < 1.29 is 13.2 Å². The van der Waals surface area contributed by atoms with Gasteiger partial charge in [0.2, 0.25) is 0 Å². The molecule has 7 heteroatoms. The normalized spacial score (nSPS) is 22.9. The number of nitrogens with zero attached hydrogens (tertiary/aromatic N) is 3. The Hall–Kier alpha value is -1.11. The zero-order chi connectivity index (χ0) is 11.9. The molecular weight excluding hydrogens is 221 g/mol. The minimum Gasteiger partial charge on any atom is -0.328 e. The molecule has 0 amide bonds. The average Bonchev–Trinajstić information content (AvgIpc) is 2.58. The first-order valence-electron chi connectivity index (χ1n) is 5.14. The molecule has 2 N–H and O–H groups in total. The lowest BCUT2D eigenvalue weighted by molar-refractivity contribution is -0.145. The zero-order valence-electron chi connectivity index (χ0n) is 8.83. The number of fused-ring (bicyclic) bond motifs is 1. The number of aryl methyl sites for hydroxylation is 1. The molecule has 2 rings (SSSR count). The summed E-state index contributed by atoms with van der Waals surface area (Å²) in [5.74, 6) is -0.466. The van der Waals surface area contributed by atoms with Crippen LogP contribution in [0.5, 0.6) is 0 Å². The minimum atomic E-state index is -4.46. The molecule has 2 atom stereocenters. The Balaban J connectivity index is 2.23. The molecule has 90 valence electrons. The van der Waals surface area contributed by atoms with Crippen LogP contribution in [-0.2, 0) is 19.1 Å². The Kier molecular flexibility index (Phi) is 2.65. The van der Waals surface area contributed by atoms with Crippen LogP contribution in [0.1, 0.15) is 25.0 Å². The molecule has 1 aliphatic heterocycles. The van der Waals surface area contributed by atoms with Gasteiger partial charge >= 0.3 is 6.18 Å². The van der Waals surface area contributed by atoms with Gasteiger partial charge in [0.05, 0.1) is 0 Å². The Morgan fingerprint density at radius 2 is 2.19 bits per heavy atom. The summed E-state index contributed by atoms with van der Waals surface area (Å²) in [4.78, 5) is 3.53. The maximum absolute atomic E-state index is 12.4. The van der Waals surface area contributed by atoms with Crippen LogP contribution in [0, 0.1) is 5.92 Å². The Morgan fingerprint density at radius 1 is 1.50 bits per heavy atom. The first kappa shape index (κ1) is 11.4. The summed E-state index contributed by atoms with van der Waals surface area (Å²) in [6.45, 7) is 2.33. The van der Waals surface area contributed by atoms with Gasteiger partial charge < -0.3 is 5.73 Å². The molecular formula is C9H13F3N4. The largest absolute Gasteiger partial charge is 0.453 e. The van der Waals surface area contributed by atoms with E-state index in [1.54, 1.807) is 0 Å². The van der Waals surface area contributed by atoms with E-state index in [4.69, 9.17) is 5.73 Å². The summed E-state index contributed by atoms with van der Waals surface area (Å²) in [5.41, 5.74) is 5.74. The zero-order valence-corrected chi connectivity index (χ0v) is 8.83. The second-order valence-electron chi connectivity index (χ2n) is 4.18. The van der Waals surface area contributed by atoms with Crippen molar-refractivity contribution in [2.24, 2.45) is 11.7 Å². The number of rotatable bonds is 1. The molecule has 1 aromatic heterocycles. The van der Waals surface area contributed by atoms with Crippen LogP contribution in [0.2, 0.25) is 0 Å². The monoisotopic (exact) mass is 234 g/mol. The molecule has 1 aliphatic rings. The van der Waals surface area contributed by atoms with Crippen LogP contribution in [0.3, 0.4) is 0 Å². The lowest BCUT2D eigenvalue weighted by Gasteiger charge is -2.24. The SMILES string of the molecule is CC(N)C1CCn2nc(C(F)(F)F)nc2C1. The number of alkyl halides is 3.